The van der Waals surface area contributed by atoms with E-state index < -0.39 is 0 Å². The van der Waals surface area contributed by atoms with Gasteiger partial charge in [0, 0.05) is 29.2 Å². The third kappa shape index (κ3) is 4.14. The number of hydrogen-bond acceptors (Lipinski definition) is 2. The van der Waals surface area contributed by atoms with E-state index in [9.17, 15) is 0 Å². The molecule has 1 aliphatic heterocycles. The van der Waals surface area contributed by atoms with Gasteiger partial charge < -0.3 is 10.6 Å². The lowest BCUT2D eigenvalue weighted by Gasteiger charge is -2.23. The van der Waals surface area contributed by atoms with E-state index >= 15 is 0 Å². The van der Waals surface area contributed by atoms with Crippen LogP contribution in [0.5, 0.6) is 0 Å². The molecule has 0 radical (unpaired) electrons. The molecule has 2 nitrogen and oxygen atoms in total. The summed E-state index contributed by atoms with van der Waals surface area (Å²) in [6.45, 7) is 2.91. The maximum absolute atomic E-state index is 6.10. The van der Waals surface area contributed by atoms with Crippen LogP contribution in [0.25, 0.3) is 0 Å². The first kappa shape index (κ1) is 13.2. The second kappa shape index (κ2) is 6.60. The number of benzene rings is 1. The van der Waals surface area contributed by atoms with Crippen molar-refractivity contribution in [2.24, 2.45) is 0 Å². The Morgan fingerprint density at radius 1 is 1.29 bits per heavy atom. The Bertz CT molecular complexity index is 362. The molecule has 0 spiro atoms. The zero-order valence-corrected chi connectivity index (χ0v) is 11.3. The molecule has 1 aliphatic rings. The smallest absolute Gasteiger partial charge is 0.0451 e. The minimum absolute atomic E-state index is 0.599. The molecule has 1 heterocycles. The lowest BCUT2D eigenvalue weighted by molar-refractivity contribution is 0.383. The van der Waals surface area contributed by atoms with E-state index in [0.29, 0.717) is 6.04 Å². The van der Waals surface area contributed by atoms with Crippen LogP contribution in [0.4, 0.5) is 0 Å². The van der Waals surface area contributed by atoms with Gasteiger partial charge in [0.25, 0.3) is 0 Å². The number of piperidine rings is 1. The molecule has 17 heavy (non-hydrogen) atoms. The summed E-state index contributed by atoms with van der Waals surface area (Å²) in [7, 11) is 0. The lowest BCUT2D eigenvalue weighted by atomic mass is 10.1. The second-order valence-corrected chi connectivity index (χ2v) is 5.36. The van der Waals surface area contributed by atoms with E-state index in [1.165, 1.54) is 19.3 Å². The molecular formula is C13H18Cl2N2. The van der Waals surface area contributed by atoms with Crippen molar-refractivity contribution in [2.75, 3.05) is 13.1 Å². The first-order chi connectivity index (χ1) is 8.25. The van der Waals surface area contributed by atoms with Crippen molar-refractivity contribution < 1.29 is 0 Å². The quantitative estimate of drug-likeness (QED) is 0.880. The average molecular weight is 273 g/mol. The molecule has 0 amide bonds. The molecular weight excluding hydrogens is 255 g/mol. The molecule has 1 fully saturated rings. The Morgan fingerprint density at radius 3 is 2.94 bits per heavy atom. The van der Waals surface area contributed by atoms with Crippen molar-refractivity contribution in [3.05, 3.63) is 33.8 Å². The number of rotatable bonds is 4. The monoisotopic (exact) mass is 272 g/mol. The van der Waals surface area contributed by atoms with Crippen LogP contribution in [-0.4, -0.2) is 19.1 Å². The zero-order valence-electron chi connectivity index (χ0n) is 9.81. The van der Waals surface area contributed by atoms with Crippen LogP contribution in [0.15, 0.2) is 18.2 Å². The van der Waals surface area contributed by atoms with Gasteiger partial charge in [-0.15, -0.1) is 0 Å². The predicted octanol–water partition coefficient (Wildman–Crippen LogP) is 3.23. The first-order valence-corrected chi connectivity index (χ1v) is 6.89. The number of hydrogen-bond donors (Lipinski definition) is 2. The molecule has 2 N–H and O–H groups in total. The van der Waals surface area contributed by atoms with Crippen molar-refractivity contribution in [2.45, 2.75) is 31.8 Å². The fraction of sp³-hybridized carbons (Fsp3) is 0.538. The van der Waals surface area contributed by atoms with Crippen molar-refractivity contribution in [3.8, 4) is 0 Å². The largest absolute Gasteiger partial charge is 0.313 e. The van der Waals surface area contributed by atoms with Crippen molar-refractivity contribution >= 4 is 23.2 Å². The summed E-state index contributed by atoms with van der Waals surface area (Å²) in [6.07, 6.45) is 3.89. The Hall–Kier alpha value is -0.280. The van der Waals surface area contributed by atoms with Gasteiger partial charge in [0.2, 0.25) is 0 Å². The van der Waals surface area contributed by atoms with Gasteiger partial charge in [0.1, 0.15) is 0 Å². The van der Waals surface area contributed by atoms with Crippen LogP contribution >= 0.6 is 23.2 Å². The number of halogens is 2. The van der Waals surface area contributed by atoms with E-state index in [4.69, 9.17) is 23.2 Å². The third-order valence-electron chi connectivity index (χ3n) is 3.13. The van der Waals surface area contributed by atoms with Crippen LogP contribution in [0.1, 0.15) is 24.8 Å². The van der Waals surface area contributed by atoms with Gasteiger partial charge in [-0.3, -0.25) is 0 Å². The summed E-state index contributed by atoms with van der Waals surface area (Å²) < 4.78 is 0. The minimum Gasteiger partial charge on any atom is -0.313 e. The predicted molar refractivity (Wildman–Crippen MR) is 73.8 cm³/mol. The second-order valence-electron chi connectivity index (χ2n) is 4.51. The molecule has 0 saturated carbocycles. The average Bonchev–Trinajstić information content (AvgIpc) is 2.35. The lowest BCUT2D eigenvalue weighted by Crippen LogP contribution is -2.41. The molecule has 1 atom stereocenters. The molecule has 0 aliphatic carbocycles. The molecule has 94 valence electrons. The highest BCUT2D eigenvalue weighted by Gasteiger charge is 2.11. The van der Waals surface area contributed by atoms with Crippen LogP contribution in [-0.2, 0) is 6.54 Å². The van der Waals surface area contributed by atoms with Crippen LogP contribution < -0.4 is 10.6 Å². The van der Waals surface area contributed by atoms with E-state index in [1.807, 2.05) is 18.2 Å². The van der Waals surface area contributed by atoms with Crippen LogP contribution in [0.2, 0.25) is 10.0 Å². The number of nitrogens with one attached hydrogen (secondary N) is 2. The van der Waals surface area contributed by atoms with Gasteiger partial charge >= 0.3 is 0 Å². The normalized spacial score (nSPS) is 20.5. The first-order valence-electron chi connectivity index (χ1n) is 6.14. The summed E-state index contributed by atoms with van der Waals surface area (Å²) >= 11 is 12.0. The zero-order chi connectivity index (χ0) is 12.1. The fourth-order valence-electron chi connectivity index (χ4n) is 2.16. The summed E-state index contributed by atoms with van der Waals surface area (Å²) in [4.78, 5) is 0. The molecule has 1 unspecified atom stereocenters. The maximum atomic E-state index is 6.10. The van der Waals surface area contributed by atoms with Gasteiger partial charge in [-0.25, -0.2) is 0 Å². The minimum atomic E-state index is 0.599. The third-order valence-corrected chi connectivity index (χ3v) is 3.73. The van der Waals surface area contributed by atoms with E-state index in [1.54, 1.807) is 0 Å². The Kier molecular flexibility index (Phi) is 5.11. The van der Waals surface area contributed by atoms with Gasteiger partial charge in [-0.2, -0.15) is 0 Å². The SMILES string of the molecule is Clc1ccc(Cl)c(CNCC2CCCCN2)c1. The summed E-state index contributed by atoms with van der Waals surface area (Å²) in [5.41, 5.74) is 1.06. The van der Waals surface area contributed by atoms with Crippen molar-refractivity contribution in [1.82, 2.24) is 10.6 Å². The van der Waals surface area contributed by atoms with Gasteiger partial charge in [0.05, 0.1) is 0 Å². The van der Waals surface area contributed by atoms with Crippen LogP contribution in [0.3, 0.4) is 0 Å². The Labute approximate surface area is 113 Å². The topological polar surface area (TPSA) is 24.1 Å². The summed E-state index contributed by atoms with van der Waals surface area (Å²) in [5.74, 6) is 0. The van der Waals surface area contributed by atoms with Gasteiger partial charge in [0.15, 0.2) is 0 Å². The fourth-order valence-corrected chi connectivity index (χ4v) is 2.54. The Balaban J connectivity index is 1.79. The highest BCUT2D eigenvalue weighted by Crippen LogP contribution is 2.20. The highest BCUT2D eigenvalue weighted by molar-refractivity contribution is 6.33. The molecule has 0 bridgehead atoms. The van der Waals surface area contributed by atoms with E-state index in [-0.39, 0.29) is 0 Å². The summed E-state index contributed by atoms with van der Waals surface area (Å²) in [6, 6.07) is 6.18. The molecule has 2 rings (SSSR count). The Morgan fingerprint density at radius 2 is 2.18 bits per heavy atom. The standard InChI is InChI=1S/C13H18Cl2N2/c14-11-4-5-13(15)10(7-11)8-16-9-12-3-1-2-6-17-12/h4-5,7,12,16-17H,1-3,6,8-9H2. The summed E-state index contributed by atoms with van der Waals surface area (Å²) in [5, 5.41) is 8.46. The highest BCUT2D eigenvalue weighted by atomic mass is 35.5. The molecule has 0 aromatic heterocycles. The maximum Gasteiger partial charge on any atom is 0.0451 e. The molecule has 1 saturated heterocycles. The van der Waals surface area contributed by atoms with Gasteiger partial charge in [-0.1, -0.05) is 29.6 Å². The molecule has 4 heteroatoms. The molecule has 1 aromatic carbocycles. The van der Waals surface area contributed by atoms with Gasteiger partial charge in [-0.05, 0) is 43.1 Å². The molecule has 1 aromatic rings. The van der Waals surface area contributed by atoms with E-state index in [0.717, 1.165) is 35.2 Å². The van der Waals surface area contributed by atoms with Crippen molar-refractivity contribution in [1.29, 1.82) is 0 Å². The van der Waals surface area contributed by atoms with Crippen molar-refractivity contribution in [3.63, 3.8) is 0 Å². The van der Waals surface area contributed by atoms with Crippen LogP contribution in [0, 0.1) is 0 Å². The van der Waals surface area contributed by atoms with E-state index in [2.05, 4.69) is 10.6 Å².